The van der Waals surface area contributed by atoms with Gasteiger partial charge in [-0.1, -0.05) is 46.1 Å². The molecule has 1 aromatic carbocycles. The zero-order valence-electron chi connectivity index (χ0n) is 13.1. The summed E-state index contributed by atoms with van der Waals surface area (Å²) < 4.78 is 0. The molecule has 3 heteroatoms. The van der Waals surface area contributed by atoms with E-state index in [-0.39, 0.29) is 0 Å². The summed E-state index contributed by atoms with van der Waals surface area (Å²) in [5, 5.41) is 11.2. The van der Waals surface area contributed by atoms with Crippen LogP contribution < -0.4 is 5.32 Å². The van der Waals surface area contributed by atoms with Gasteiger partial charge in [0.05, 0.1) is 0 Å². The minimum atomic E-state index is -1.01. The van der Waals surface area contributed by atoms with E-state index in [1.165, 1.54) is 30.4 Å². The zero-order valence-corrected chi connectivity index (χ0v) is 13.1. The maximum atomic E-state index is 10.7. The van der Waals surface area contributed by atoms with Crippen LogP contribution in [-0.4, -0.2) is 11.2 Å². The Morgan fingerprint density at radius 3 is 2.30 bits per heavy atom. The van der Waals surface area contributed by atoms with E-state index in [4.69, 9.17) is 5.11 Å². The fourth-order valence-electron chi connectivity index (χ4n) is 2.82. The van der Waals surface area contributed by atoms with Gasteiger partial charge in [-0.05, 0) is 48.4 Å². The van der Waals surface area contributed by atoms with E-state index in [0.717, 1.165) is 12.8 Å². The van der Waals surface area contributed by atoms with Crippen LogP contribution in [0.25, 0.3) is 0 Å². The molecule has 1 rings (SSSR count). The number of anilines is 1. The Labute approximate surface area is 122 Å². The molecule has 20 heavy (non-hydrogen) atoms. The first-order valence-electron chi connectivity index (χ1n) is 7.55. The number of amides is 1. The molecule has 1 amide bonds. The minimum absolute atomic E-state index is 0.419. The largest absolute Gasteiger partial charge is 0.465 e. The highest BCUT2D eigenvalue weighted by Crippen LogP contribution is 2.36. The van der Waals surface area contributed by atoms with Crippen LogP contribution >= 0.6 is 0 Å². The van der Waals surface area contributed by atoms with Gasteiger partial charge in [0.2, 0.25) is 0 Å². The van der Waals surface area contributed by atoms with Crippen LogP contribution in [0.4, 0.5) is 10.5 Å². The van der Waals surface area contributed by atoms with E-state index in [0.29, 0.717) is 11.1 Å². The Bertz CT molecular complexity index is 442. The first kappa shape index (κ1) is 16.5. The maximum absolute atomic E-state index is 10.7. The van der Waals surface area contributed by atoms with Crippen LogP contribution in [-0.2, 0) is 6.42 Å². The van der Waals surface area contributed by atoms with Crippen LogP contribution in [0, 0.1) is 12.3 Å². The van der Waals surface area contributed by atoms with Gasteiger partial charge < -0.3 is 5.11 Å². The lowest BCUT2D eigenvalue weighted by atomic mass is 9.75. The molecule has 0 unspecified atom stereocenters. The molecule has 0 heterocycles. The quantitative estimate of drug-likeness (QED) is 0.716. The number of hydrogen-bond donors (Lipinski definition) is 2. The molecule has 0 aliphatic rings. The Morgan fingerprint density at radius 1 is 1.20 bits per heavy atom. The van der Waals surface area contributed by atoms with Crippen molar-refractivity contribution in [2.45, 2.75) is 59.8 Å². The van der Waals surface area contributed by atoms with Gasteiger partial charge in [0.25, 0.3) is 0 Å². The molecule has 0 saturated heterocycles. The molecule has 0 aliphatic carbocycles. The molecule has 0 radical (unpaired) electrons. The molecule has 0 fully saturated rings. The molecule has 0 atom stereocenters. The predicted molar refractivity (Wildman–Crippen MR) is 84.5 cm³/mol. The van der Waals surface area contributed by atoms with Gasteiger partial charge in [-0.25, -0.2) is 4.79 Å². The normalized spacial score (nSPS) is 11.4. The predicted octanol–water partition coefficient (Wildman–Crippen LogP) is 5.23. The van der Waals surface area contributed by atoms with E-state index < -0.39 is 6.09 Å². The third-order valence-electron chi connectivity index (χ3n) is 4.78. The summed E-state index contributed by atoms with van der Waals surface area (Å²) in [5.41, 5.74) is 3.56. The van der Waals surface area contributed by atoms with E-state index in [2.05, 4.69) is 33.0 Å². The molecule has 0 spiro atoms. The van der Waals surface area contributed by atoms with E-state index >= 15 is 0 Å². The number of nitrogens with one attached hydrogen (secondary N) is 1. The van der Waals surface area contributed by atoms with Gasteiger partial charge in [-0.3, -0.25) is 5.32 Å². The van der Waals surface area contributed by atoms with Crippen LogP contribution in [0.15, 0.2) is 18.2 Å². The molecule has 0 aromatic heterocycles. The first-order chi connectivity index (χ1) is 9.46. The van der Waals surface area contributed by atoms with Crippen molar-refractivity contribution >= 4 is 11.8 Å². The molecule has 1 aromatic rings. The standard InChI is InChI=1S/C17H27NO2/c1-5-17(6-2,7-3)11-10-14-12-15(18-16(19)20)9-8-13(14)4/h8-9,12,18H,5-7,10-11H2,1-4H3,(H,19,20). The molecule has 0 saturated carbocycles. The lowest BCUT2D eigenvalue weighted by molar-refractivity contribution is 0.209. The van der Waals surface area contributed by atoms with Crippen molar-refractivity contribution in [3.63, 3.8) is 0 Å². The van der Waals surface area contributed by atoms with E-state index in [1.807, 2.05) is 18.2 Å². The van der Waals surface area contributed by atoms with Crippen LogP contribution in [0.1, 0.15) is 57.6 Å². The van der Waals surface area contributed by atoms with Crippen molar-refractivity contribution in [2.75, 3.05) is 5.32 Å². The van der Waals surface area contributed by atoms with Crippen molar-refractivity contribution in [1.29, 1.82) is 0 Å². The van der Waals surface area contributed by atoms with Gasteiger partial charge in [0, 0.05) is 5.69 Å². The Kier molecular flexibility index (Phi) is 6.05. The van der Waals surface area contributed by atoms with Gasteiger partial charge in [-0.2, -0.15) is 0 Å². The number of carboxylic acid groups (broad SMARTS) is 1. The summed E-state index contributed by atoms with van der Waals surface area (Å²) in [7, 11) is 0. The monoisotopic (exact) mass is 277 g/mol. The highest BCUT2D eigenvalue weighted by Gasteiger charge is 2.23. The highest BCUT2D eigenvalue weighted by atomic mass is 16.4. The summed E-state index contributed by atoms with van der Waals surface area (Å²) in [5.74, 6) is 0. The van der Waals surface area contributed by atoms with E-state index in [1.54, 1.807) is 0 Å². The summed E-state index contributed by atoms with van der Waals surface area (Å²) in [4.78, 5) is 10.7. The summed E-state index contributed by atoms with van der Waals surface area (Å²) in [6.07, 6.45) is 4.76. The molecule has 0 bridgehead atoms. The second kappa shape index (κ2) is 7.32. The van der Waals surface area contributed by atoms with E-state index in [9.17, 15) is 4.79 Å². The van der Waals surface area contributed by atoms with Crippen molar-refractivity contribution in [1.82, 2.24) is 0 Å². The fraction of sp³-hybridized carbons (Fsp3) is 0.588. The maximum Gasteiger partial charge on any atom is 0.409 e. The zero-order chi connectivity index (χ0) is 15.2. The smallest absolute Gasteiger partial charge is 0.409 e. The number of benzene rings is 1. The van der Waals surface area contributed by atoms with Gasteiger partial charge in [0.15, 0.2) is 0 Å². The minimum Gasteiger partial charge on any atom is -0.465 e. The average molecular weight is 277 g/mol. The average Bonchev–Trinajstić information content (AvgIpc) is 2.43. The lowest BCUT2D eigenvalue weighted by Gasteiger charge is -2.30. The molecule has 2 N–H and O–H groups in total. The van der Waals surface area contributed by atoms with Crippen molar-refractivity contribution in [3.05, 3.63) is 29.3 Å². The SMILES string of the molecule is CCC(CC)(CC)CCc1cc(NC(=O)O)ccc1C. The van der Waals surface area contributed by atoms with Crippen LogP contribution in [0.2, 0.25) is 0 Å². The number of hydrogen-bond acceptors (Lipinski definition) is 1. The third kappa shape index (κ3) is 4.26. The van der Waals surface area contributed by atoms with Crippen LogP contribution in [0.3, 0.4) is 0 Å². The highest BCUT2D eigenvalue weighted by molar-refractivity contribution is 5.83. The fourth-order valence-corrected chi connectivity index (χ4v) is 2.82. The molecule has 3 nitrogen and oxygen atoms in total. The van der Waals surface area contributed by atoms with Crippen LogP contribution in [0.5, 0.6) is 0 Å². The third-order valence-corrected chi connectivity index (χ3v) is 4.78. The lowest BCUT2D eigenvalue weighted by Crippen LogP contribution is -2.19. The van der Waals surface area contributed by atoms with Crippen molar-refractivity contribution < 1.29 is 9.90 Å². The van der Waals surface area contributed by atoms with Gasteiger partial charge >= 0.3 is 6.09 Å². The second-order valence-electron chi connectivity index (χ2n) is 5.63. The summed E-state index contributed by atoms with van der Waals surface area (Å²) in [6.45, 7) is 8.89. The second-order valence-corrected chi connectivity index (χ2v) is 5.63. The summed E-state index contributed by atoms with van der Waals surface area (Å²) in [6, 6.07) is 5.78. The molecular formula is C17H27NO2. The molecule has 0 aliphatic heterocycles. The summed E-state index contributed by atoms with van der Waals surface area (Å²) >= 11 is 0. The molecular weight excluding hydrogens is 250 g/mol. The Hall–Kier alpha value is -1.51. The Balaban J connectivity index is 2.83. The number of carbonyl (C=O) groups is 1. The number of rotatable bonds is 7. The molecule has 112 valence electrons. The first-order valence-corrected chi connectivity index (χ1v) is 7.55. The number of aryl methyl sites for hydroxylation is 2. The van der Waals surface area contributed by atoms with Crippen molar-refractivity contribution in [2.24, 2.45) is 5.41 Å². The van der Waals surface area contributed by atoms with Gasteiger partial charge in [0.1, 0.15) is 0 Å². The van der Waals surface area contributed by atoms with Crippen molar-refractivity contribution in [3.8, 4) is 0 Å². The Morgan fingerprint density at radius 2 is 1.80 bits per heavy atom. The topological polar surface area (TPSA) is 49.3 Å². The van der Waals surface area contributed by atoms with Gasteiger partial charge in [-0.15, -0.1) is 0 Å².